The number of rotatable bonds is 4. The smallest absolute Gasteiger partial charge is 0.229 e. The van der Waals surface area contributed by atoms with Gasteiger partial charge in [0.1, 0.15) is 0 Å². The van der Waals surface area contributed by atoms with Crippen molar-refractivity contribution in [2.45, 2.75) is 31.1 Å². The van der Waals surface area contributed by atoms with Crippen LogP contribution in [0.1, 0.15) is 42.4 Å². The zero-order valence-electron chi connectivity index (χ0n) is 11.4. The SMILES string of the molecule is O=C(Nc1nc(C2CC2)cs1)C1CC1c1ccccc1Cl. The van der Waals surface area contributed by atoms with E-state index in [1.165, 1.54) is 24.2 Å². The van der Waals surface area contributed by atoms with Crippen molar-refractivity contribution in [2.75, 3.05) is 5.32 Å². The maximum absolute atomic E-state index is 12.3. The van der Waals surface area contributed by atoms with Gasteiger partial charge in [-0.3, -0.25) is 4.79 Å². The number of nitrogens with zero attached hydrogens (tertiary/aromatic N) is 1. The summed E-state index contributed by atoms with van der Waals surface area (Å²) in [5.74, 6) is 0.972. The van der Waals surface area contributed by atoms with Crippen LogP contribution in [0.5, 0.6) is 0 Å². The Balaban J connectivity index is 1.41. The number of thiazole rings is 1. The minimum atomic E-state index is 0.0261. The minimum Gasteiger partial charge on any atom is -0.302 e. The predicted molar refractivity (Wildman–Crippen MR) is 85.0 cm³/mol. The number of anilines is 1. The lowest BCUT2D eigenvalue weighted by atomic mass is 10.1. The molecule has 2 saturated carbocycles. The van der Waals surface area contributed by atoms with Gasteiger partial charge in [0.05, 0.1) is 5.69 Å². The number of hydrogen-bond acceptors (Lipinski definition) is 3. The molecule has 3 nitrogen and oxygen atoms in total. The molecule has 0 radical (unpaired) electrons. The van der Waals surface area contributed by atoms with Crippen LogP contribution < -0.4 is 5.32 Å². The summed E-state index contributed by atoms with van der Waals surface area (Å²) in [5.41, 5.74) is 2.21. The summed E-state index contributed by atoms with van der Waals surface area (Å²) in [6, 6.07) is 7.78. The van der Waals surface area contributed by atoms with Crippen molar-refractivity contribution in [3.05, 3.63) is 45.9 Å². The van der Waals surface area contributed by atoms with Crippen molar-refractivity contribution in [3.8, 4) is 0 Å². The second kappa shape index (κ2) is 5.11. The Kier molecular flexibility index (Phi) is 3.23. The monoisotopic (exact) mass is 318 g/mol. The highest BCUT2D eigenvalue weighted by molar-refractivity contribution is 7.13. The standard InChI is InChI=1S/C16H15ClN2OS/c17-13-4-2-1-3-10(13)11-7-12(11)15(20)19-16-18-14(8-21-16)9-5-6-9/h1-4,8-9,11-12H,5-7H2,(H,18,19,20). The largest absolute Gasteiger partial charge is 0.302 e. The van der Waals surface area contributed by atoms with Crippen LogP contribution in [0.4, 0.5) is 5.13 Å². The Morgan fingerprint density at radius 1 is 1.33 bits per heavy atom. The van der Waals surface area contributed by atoms with Crippen LogP contribution >= 0.6 is 22.9 Å². The Labute approximate surface area is 132 Å². The van der Waals surface area contributed by atoms with Gasteiger partial charge in [-0.2, -0.15) is 0 Å². The third-order valence-corrected chi connectivity index (χ3v) is 5.30. The van der Waals surface area contributed by atoms with Gasteiger partial charge in [0, 0.05) is 22.2 Å². The maximum atomic E-state index is 12.3. The molecule has 2 fully saturated rings. The number of carbonyl (C=O) groups excluding carboxylic acids is 1. The number of halogens is 1. The fourth-order valence-electron chi connectivity index (χ4n) is 2.71. The van der Waals surface area contributed by atoms with E-state index in [-0.39, 0.29) is 17.7 Å². The summed E-state index contributed by atoms with van der Waals surface area (Å²) in [4.78, 5) is 16.8. The molecule has 0 aliphatic heterocycles. The van der Waals surface area contributed by atoms with E-state index in [1.54, 1.807) is 0 Å². The number of amides is 1. The highest BCUT2D eigenvalue weighted by Gasteiger charge is 2.45. The van der Waals surface area contributed by atoms with E-state index in [9.17, 15) is 4.79 Å². The second-order valence-corrected chi connectivity index (χ2v) is 7.08. The Hall–Kier alpha value is -1.39. The van der Waals surface area contributed by atoms with Gasteiger partial charge in [-0.05, 0) is 36.8 Å². The third kappa shape index (κ3) is 2.70. The van der Waals surface area contributed by atoms with Gasteiger partial charge in [-0.15, -0.1) is 11.3 Å². The van der Waals surface area contributed by atoms with Gasteiger partial charge in [-0.25, -0.2) is 4.98 Å². The normalized spacial score (nSPS) is 23.9. The molecule has 0 saturated heterocycles. The summed E-state index contributed by atoms with van der Waals surface area (Å²) in [6.45, 7) is 0. The first-order chi connectivity index (χ1) is 10.2. The predicted octanol–water partition coefficient (Wildman–Crippen LogP) is 4.42. The van der Waals surface area contributed by atoms with Crippen LogP contribution in [0.3, 0.4) is 0 Å². The molecule has 5 heteroatoms. The summed E-state index contributed by atoms with van der Waals surface area (Å²) >= 11 is 7.71. The van der Waals surface area contributed by atoms with Crippen molar-refractivity contribution in [1.82, 2.24) is 4.98 Å². The van der Waals surface area contributed by atoms with Crippen LogP contribution in [0.25, 0.3) is 0 Å². The van der Waals surface area contributed by atoms with Gasteiger partial charge in [0.25, 0.3) is 0 Å². The van der Waals surface area contributed by atoms with E-state index >= 15 is 0 Å². The van der Waals surface area contributed by atoms with Crippen LogP contribution in [-0.2, 0) is 4.79 Å². The van der Waals surface area contributed by atoms with Crippen LogP contribution in [0.2, 0.25) is 5.02 Å². The lowest BCUT2D eigenvalue weighted by molar-refractivity contribution is -0.117. The Bertz CT molecular complexity index is 695. The lowest BCUT2D eigenvalue weighted by Crippen LogP contribution is -2.14. The van der Waals surface area contributed by atoms with Crippen LogP contribution in [-0.4, -0.2) is 10.9 Å². The first-order valence-electron chi connectivity index (χ1n) is 7.23. The van der Waals surface area contributed by atoms with Gasteiger partial charge >= 0.3 is 0 Å². The first kappa shape index (κ1) is 13.3. The summed E-state index contributed by atoms with van der Waals surface area (Å²) in [5, 5.41) is 6.49. The molecule has 2 atom stereocenters. The van der Waals surface area contributed by atoms with Gasteiger partial charge < -0.3 is 5.32 Å². The molecule has 1 aromatic carbocycles. The van der Waals surface area contributed by atoms with E-state index in [1.807, 2.05) is 24.3 Å². The minimum absolute atomic E-state index is 0.0261. The van der Waals surface area contributed by atoms with Crippen molar-refractivity contribution >= 4 is 34.0 Å². The average Bonchev–Trinajstić information content (AvgIpc) is 3.39. The molecule has 1 aromatic heterocycles. The number of carbonyl (C=O) groups is 1. The molecule has 2 aromatic rings. The zero-order chi connectivity index (χ0) is 14.4. The lowest BCUT2D eigenvalue weighted by Gasteiger charge is -2.03. The average molecular weight is 319 g/mol. The molecular formula is C16H15ClN2OS. The molecule has 2 aliphatic carbocycles. The first-order valence-corrected chi connectivity index (χ1v) is 8.49. The summed E-state index contributed by atoms with van der Waals surface area (Å²) in [7, 11) is 0. The van der Waals surface area contributed by atoms with E-state index < -0.39 is 0 Å². The molecule has 0 spiro atoms. The number of aromatic nitrogens is 1. The van der Waals surface area contributed by atoms with E-state index in [4.69, 9.17) is 11.6 Å². The zero-order valence-corrected chi connectivity index (χ0v) is 13.0. The van der Waals surface area contributed by atoms with Crippen molar-refractivity contribution in [3.63, 3.8) is 0 Å². The van der Waals surface area contributed by atoms with Gasteiger partial charge in [0.15, 0.2) is 5.13 Å². The van der Waals surface area contributed by atoms with Crippen LogP contribution in [0.15, 0.2) is 29.6 Å². The molecule has 1 N–H and O–H groups in total. The second-order valence-electron chi connectivity index (χ2n) is 5.81. The third-order valence-electron chi connectivity index (χ3n) is 4.18. The molecule has 2 unspecified atom stereocenters. The number of hydrogen-bond donors (Lipinski definition) is 1. The molecule has 108 valence electrons. The molecule has 21 heavy (non-hydrogen) atoms. The van der Waals surface area contributed by atoms with Crippen molar-refractivity contribution < 1.29 is 4.79 Å². The Morgan fingerprint density at radius 3 is 2.90 bits per heavy atom. The molecule has 4 rings (SSSR count). The van der Waals surface area contributed by atoms with Crippen molar-refractivity contribution in [1.29, 1.82) is 0 Å². The van der Waals surface area contributed by atoms with Crippen LogP contribution in [0, 0.1) is 5.92 Å². The highest BCUT2D eigenvalue weighted by Crippen LogP contribution is 2.50. The fraction of sp³-hybridized carbons (Fsp3) is 0.375. The molecule has 2 aliphatic rings. The summed E-state index contributed by atoms with van der Waals surface area (Å²) < 4.78 is 0. The van der Waals surface area contributed by atoms with E-state index in [2.05, 4.69) is 15.7 Å². The quantitative estimate of drug-likeness (QED) is 0.907. The molecular weight excluding hydrogens is 304 g/mol. The summed E-state index contributed by atoms with van der Waals surface area (Å²) in [6.07, 6.45) is 3.33. The van der Waals surface area contributed by atoms with Gasteiger partial charge in [-0.1, -0.05) is 29.8 Å². The highest BCUT2D eigenvalue weighted by atomic mass is 35.5. The molecule has 1 heterocycles. The number of benzene rings is 1. The van der Waals surface area contributed by atoms with Crippen molar-refractivity contribution in [2.24, 2.45) is 5.92 Å². The van der Waals surface area contributed by atoms with E-state index in [0.717, 1.165) is 27.8 Å². The molecule has 0 bridgehead atoms. The van der Waals surface area contributed by atoms with E-state index in [0.29, 0.717) is 5.92 Å². The Morgan fingerprint density at radius 2 is 2.14 bits per heavy atom. The fourth-order valence-corrected chi connectivity index (χ4v) is 3.78. The topological polar surface area (TPSA) is 42.0 Å². The maximum Gasteiger partial charge on any atom is 0.229 e. The number of nitrogens with one attached hydrogen (secondary N) is 1. The molecule has 1 amide bonds. The van der Waals surface area contributed by atoms with Gasteiger partial charge in [0.2, 0.25) is 5.91 Å².